The van der Waals surface area contributed by atoms with Gasteiger partial charge in [-0.1, -0.05) is 18.2 Å². The van der Waals surface area contributed by atoms with E-state index in [2.05, 4.69) is 10.2 Å². The van der Waals surface area contributed by atoms with Crippen molar-refractivity contribution in [1.29, 1.82) is 0 Å². The molecule has 0 spiro atoms. The molecular formula is C16H25N3O2. The molecule has 1 aromatic rings. The summed E-state index contributed by atoms with van der Waals surface area (Å²) in [5, 5.41) is 3.04. The van der Waals surface area contributed by atoms with Crippen molar-refractivity contribution in [1.82, 2.24) is 10.2 Å². The van der Waals surface area contributed by atoms with Crippen molar-refractivity contribution in [2.24, 2.45) is 5.73 Å². The van der Waals surface area contributed by atoms with Gasteiger partial charge in [0.1, 0.15) is 5.75 Å². The van der Waals surface area contributed by atoms with Gasteiger partial charge in [0.25, 0.3) is 0 Å². The maximum Gasteiger partial charge on any atom is 0.234 e. The average Bonchev–Trinajstić information content (AvgIpc) is 2.49. The van der Waals surface area contributed by atoms with Gasteiger partial charge in [-0.2, -0.15) is 0 Å². The van der Waals surface area contributed by atoms with Gasteiger partial charge in [-0.3, -0.25) is 9.69 Å². The van der Waals surface area contributed by atoms with Crippen molar-refractivity contribution in [2.75, 3.05) is 26.7 Å². The number of carbonyl (C=O) groups is 1. The summed E-state index contributed by atoms with van der Waals surface area (Å²) < 4.78 is 5.33. The van der Waals surface area contributed by atoms with E-state index in [4.69, 9.17) is 10.5 Å². The van der Waals surface area contributed by atoms with Crippen LogP contribution < -0.4 is 15.8 Å². The van der Waals surface area contributed by atoms with Gasteiger partial charge in [0, 0.05) is 24.7 Å². The Morgan fingerprint density at radius 2 is 2.10 bits per heavy atom. The highest BCUT2D eigenvalue weighted by atomic mass is 16.5. The largest absolute Gasteiger partial charge is 0.496 e. The zero-order valence-electron chi connectivity index (χ0n) is 12.8. The number of hydrogen-bond donors (Lipinski definition) is 2. The summed E-state index contributed by atoms with van der Waals surface area (Å²) in [4.78, 5) is 14.3. The fourth-order valence-corrected chi connectivity index (χ4v) is 2.70. The summed E-state index contributed by atoms with van der Waals surface area (Å²) in [6, 6.07) is 7.98. The number of piperidine rings is 1. The molecule has 0 aromatic heterocycles. The Balaban J connectivity index is 1.87. The van der Waals surface area contributed by atoms with Crippen LogP contribution in [0.1, 0.15) is 31.4 Å². The average molecular weight is 291 g/mol. The normalized spacial score (nSPS) is 18.2. The van der Waals surface area contributed by atoms with Crippen LogP contribution in [0.3, 0.4) is 0 Å². The van der Waals surface area contributed by atoms with Crippen LogP contribution in [0.4, 0.5) is 0 Å². The Morgan fingerprint density at radius 3 is 2.76 bits per heavy atom. The predicted molar refractivity (Wildman–Crippen MR) is 83.2 cm³/mol. The molecule has 0 radical (unpaired) electrons. The second kappa shape index (κ2) is 7.43. The number of nitrogens with zero attached hydrogens (tertiary/aromatic N) is 1. The summed E-state index contributed by atoms with van der Waals surface area (Å²) in [7, 11) is 1.64. The second-order valence-corrected chi connectivity index (χ2v) is 5.64. The Morgan fingerprint density at radius 1 is 1.43 bits per heavy atom. The number of hydrogen-bond acceptors (Lipinski definition) is 4. The number of likely N-dealkylation sites (tertiary alicyclic amines) is 1. The molecule has 0 saturated carbocycles. The van der Waals surface area contributed by atoms with Crippen LogP contribution in [0, 0.1) is 0 Å². The highest BCUT2D eigenvalue weighted by Crippen LogP contribution is 2.24. The van der Waals surface area contributed by atoms with E-state index in [0.717, 1.165) is 37.2 Å². The molecule has 5 heteroatoms. The SMILES string of the molecule is COc1ccccc1[C@@H](C)NC(=O)CN1CCC(N)CC1. The molecule has 1 amide bonds. The monoisotopic (exact) mass is 291 g/mol. The van der Waals surface area contributed by atoms with Crippen molar-refractivity contribution in [3.05, 3.63) is 29.8 Å². The van der Waals surface area contributed by atoms with Crippen molar-refractivity contribution in [2.45, 2.75) is 31.8 Å². The van der Waals surface area contributed by atoms with Crippen molar-refractivity contribution < 1.29 is 9.53 Å². The van der Waals surface area contributed by atoms with E-state index in [1.54, 1.807) is 7.11 Å². The number of ether oxygens (including phenoxy) is 1. The Hall–Kier alpha value is -1.59. The summed E-state index contributed by atoms with van der Waals surface area (Å²) in [6.07, 6.45) is 1.94. The minimum Gasteiger partial charge on any atom is -0.496 e. The fraction of sp³-hybridized carbons (Fsp3) is 0.562. The van der Waals surface area contributed by atoms with Crippen LogP contribution in [-0.4, -0.2) is 43.6 Å². The minimum absolute atomic E-state index is 0.0453. The van der Waals surface area contributed by atoms with E-state index >= 15 is 0 Å². The fourth-order valence-electron chi connectivity index (χ4n) is 2.70. The molecule has 1 heterocycles. The first kappa shape index (κ1) is 15.8. The van der Waals surface area contributed by atoms with Crippen LogP contribution in [0.15, 0.2) is 24.3 Å². The van der Waals surface area contributed by atoms with Gasteiger partial charge in [0.15, 0.2) is 0 Å². The molecule has 5 nitrogen and oxygen atoms in total. The van der Waals surface area contributed by atoms with E-state index < -0.39 is 0 Å². The zero-order valence-corrected chi connectivity index (χ0v) is 12.8. The minimum atomic E-state index is -0.0688. The number of para-hydroxylation sites is 1. The second-order valence-electron chi connectivity index (χ2n) is 5.64. The molecule has 3 N–H and O–H groups in total. The van der Waals surface area contributed by atoms with Gasteiger partial charge >= 0.3 is 0 Å². The number of amides is 1. The van der Waals surface area contributed by atoms with Crippen LogP contribution in [-0.2, 0) is 4.79 Å². The van der Waals surface area contributed by atoms with Crippen LogP contribution in [0.25, 0.3) is 0 Å². The molecule has 1 aromatic carbocycles. The third kappa shape index (κ3) is 4.44. The standard InChI is InChI=1S/C16H25N3O2/c1-12(14-5-3-4-6-15(14)21-2)18-16(20)11-19-9-7-13(17)8-10-19/h3-6,12-13H,7-11,17H2,1-2H3,(H,18,20)/t12-/m1/s1. The van der Waals surface area contributed by atoms with Crippen LogP contribution >= 0.6 is 0 Å². The highest BCUT2D eigenvalue weighted by molar-refractivity contribution is 5.78. The Labute approximate surface area is 126 Å². The summed E-state index contributed by atoms with van der Waals surface area (Å²) in [6.45, 7) is 4.21. The van der Waals surface area contributed by atoms with Gasteiger partial charge in [-0.05, 0) is 25.8 Å². The molecule has 1 atom stereocenters. The highest BCUT2D eigenvalue weighted by Gasteiger charge is 2.20. The number of nitrogens with two attached hydrogens (primary N) is 1. The van der Waals surface area contributed by atoms with Gasteiger partial charge in [-0.25, -0.2) is 0 Å². The van der Waals surface area contributed by atoms with E-state index in [1.165, 1.54) is 0 Å². The molecule has 2 rings (SSSR count). The molecule has 0 unspecified atom stereocenters. The molecule has 1 aliphatic rings. The lowest BCUT2D eigenvalue weighted by atomic mass is 10.1. The number of carbonyl (C=O) groups excluding carboxylic acids is 1. The first-order valence-electron chi connectivity index (χ1n) is 7.50. The third-order valence-electron chi connectivity index (χ3n) is 3.98. The zero-order chi connectivity index (χ0) is 15.2. The molecule has 0 bridgehead atoms. The lowest BCUT2D eigenvalue weighted by Crippen LogP contribution is -2.44. The number of rotatable bonds is 5. The number of benzene rings is 1. The molecule has 21 heavy (non-hydrogen) atoms. The van der Waals surface area contributed by atoms with E-state index in [-0.39, 0.29) is 18.0 Å². The van der Waals surface area contributed by atoms with Crippen LogP contribution in [0.5, 0.6) is 5.75 Å². The van der Waals surface area contributed by atoms with Gasteiger partial charge in [-0.15, -0.1) is 0 Å². The topological polar surface area (TPSA) is 67.6 Å². The summed E-state index contributed by atoms with van der Waals surface area (Å²) >= 11 is 0. The molecule has 1 aliphatic heterocycles. The maximum atomic E-state index is 12.2. The lowest BCUT2D eigenvalue weighted by molar-refractivity contribution is -0.123. The predicted octanol–water partition coefficient (Wildman–Crippen LogP) is 1.30. The molecule has 1 saturated heterocycles. The van der Waals surface area contributed by atoms with Crippen molar-refractivity contribution >= 4 is 5.91 Å². The molecule has 116 valence electrons. The van der Waals surface area contributed by atoms with Gasteiger partial charge < -0.3 is 15.8 Å². The molecular weight excluding hydrogens is 266 g/mol. The van der Waals surface area contributed by atoms with E-state index in [1.807, 2.05) is 31.2 Å². The third-order valence-corrected chi connectivity index (χ3v) is 3.98. The van der Waals surface area contributed by atoms with E-state index in [0.29, 0.717) is 6.54 Å². The first-order chi connectivity index (χ1) is 10.1. The van der Waals surface area contributed by atoms with Crippen LogP contribution in [0.2, 0.25) is 0 Å². The Kier molecular flexibility index (Phi) is 5.59. The summed E-state index contributed by atoms with van der Waals surface area (Å²) in [5.41, 5.74) is 6.87. The van der Waals surface area contributed by atoms with Gasteiger partial charge in [0.05, 0.1) is 19.7 Å². The van der Waals surface area contributed by atoms with Crippen molar-refractivity contribution in [3.63, 3.8) is 0 Å². The number of nitrogens with one attached hydrogen (secondary N) is 1. The van der Waals surface area contributed by atoms with E-state index in [9.17, 15) is 4.79 Å². The smallest absolute Gasteiger partial charge is 0.234 e. The summed E-state index contributed by atoms with van der Waals surface area (Å²) in [5.74, 6) is 0.845. The van der Waals surface area contributed by atoms with Crippen molar-refractivity contribution in [3.8, 4) is 5.75 Å². The first-order valence-corrected chi connectivity index (χ1v) is 7.50. The molecule has 0 aliphatic carbocycles. The van der Waals surface area contributed by atoms with Gasteiger partial charge in [0.2, 0.25) is 5.91 Å². The lowest BCUT2D eigenvalue weighted by Gasteiger charge is -2.29. The number of methoxy groups -OCH3 is 1. The molecule has 1 fully saturated rings. The maximum absolute atomic E-state index is 12.2. The Bertz CT molecular complexity index is 470. The quantitative estimate of drug-likeness (QED) is 0.858.